The van der Waals surface area contributed by atoms with Crippen molar-refractivity contribution in [1.29, 1.82) is 0 Å². The summed E-state index contributed by atoms with van der Waals surface area (Å²) >= 11 is 0. The minimum atomic E-state index is -0.0490. The van der Waals surface area contributed by atoms with E-state index in [9.17, 15) is 4.79 Å². The molecule has 0 N–H and O–H groups in total. The molecule has 1 unspecified atom stereocenters. The fourth-order valence-electron chi connectivity index (χ4n) is 3.94. The molecule has 0 heterocycles. The fourth-order valence-corrected chi connectivity index (χ4v) is 3.94. The number of nitrogens with zero attached hydrogens (tertiary/aromatic N) is 1. The van der Waals surface area contributed by atoms with E-state index in [1.54, 1.807) is 7.11 Å². The lowest BCUT2D eigenvalue weighted by Gasteiger charge is -2.29. The van der Waals surface area contributed by atoms with Crippen molar-refractivity contribution in [2.45, 2.75) is 91.5 Å². The highest BCUT2D eigenvalue weighted by Crippen LogP contribution is 2.27. The van der Waals surface area contributed by atoms with Gasteiger partial charge in [-0.15, -0.1) is 0 Å². The highest BCUT2D eigenvalue weighted by molar-refractivity contribution is 5.69. The molecule has 29 heavy (non-hydrogen) atoms. The molecule has 1 aromatic rings. The minimum absolute atomic E-state index is 0.0490. The number of unbranched alkanes of at least 4 members (excludes halogenated alkanes) is 7. The fraction of sp³-hybridized carbons (Fsp3) is 0.720. The summed E-state index contributed by atoms with van der Waals surface area (Å²) in [4.78, 5) is 13.9. The molecule has 0 aliphatic heterocycles. The lowest BCUT2D eigenvalue weighted by Crippen LogP contribution is -2.28. The van der Waals surface area contributed by atoms with Crippen molar-refractivity contribution < 1.29 is 14.3 Å². The van der Waals surface area contributed by atoms with E-state index in [-0.39, 0.29) is 5.97 Å². The van der Waals surface area contributed by atoms with Crippen LogP contribution in [0.5, 0.6) is 5.75 Å². The summed E-state index contributed by atoms with van der Waals surface area (Å²) < 4.78 is 10.3. The number of esters is 1. The molecular weight excluding hydrogens is 362 g/mol. The zero-order valence-corrected chi connectivity index (χ0v) is 19.5. The molecule has 0 aromatic heterocycles. The number of carbonyl (C=O) groups is 1. The molecule has 0 fully saturated rings. The van der Waals surface area contributed by atoms with E-state index in [4.69, 9.17) is 9.47 Å². The van der Waals surface area contributed by atoms with Crippen LogP contribution in [0.15, 0.2) is 18.2 Å². The first-order chi connectivity index (χ1) is 14.0. The van der Waals surface area contributed by atoms with E-state index < -0.39 is 0 Å². The van der Waals surface area contributed by atoms with E-state index in [2.05, 4.69) is 43.9 Å². The maximum absolute atomic E-state index is 11.3. The summed E-state index contributed by atoms with van der Waals surface area (Å²) in [6, 6.07) is 6.85. The maximum atomic E-state index is 11.3. The molecule has 0 saturated heterocycles. The van der Waals surface area contributed by atoms with Crippen LogP contribution in [0.3, 0.4) is 0 Å². The first-order valence-corrected chi connectivity index (χ1v) is 11.6. The smallest absolute Gasteiger partial charge is 0.305 e. The highest BCUT2D eigenvalue weighted by atomic mass is 16.5. The zero-order chi connectivity index (χ0) is 21.5. The summed E-state index contributed by atoms with van der Waals surface area (Å²) in [6.07, 6.45) is 10.4. The molecule has 0 radical (unpaired) electrons. The van der Waals surface area contributed by atoms with Crippen LogP contribution >= 0.6 is 0 Å². The molecule has 1 atom stereocenters. The van der Waals surface area contributed by atoms with Gasteiger partial charge in [-0.1, -0.05) is 51.5 Å². The van der Waals surface area contributed by atoms with Gasteiger partial charge in [-0.25, -0.2) is 0 Å². The molecule has 0 amide bonds. The SMILES string of the molecule is CCOC(=O)CCCCCCCCCCN(CC)C(C)c1ccc(OC)cc1C. The molecular formula is C25H43NO3. The van der Waals surface area contributed by atoms with Crippen LogP contribution in [-0.2, 0) is 9.53 Å². The van der Waals surface area contributed by atoms with Gasteiger partial charge in [0, 0.05) is 12.5 Å². The van der Waals surface area contributed by atoms with Gasteiger partial charge >= 0.3 is 5.97 Å². The van der Waals surface area contributed by atoms with Crippen LogP contribution in [0.4, 0.5) is 0 Å². The van der Waals surface area contributed by atoms with Crippen molar-refractivity contribution in [3.05, 3.63) is 29.3 Å². The molecule has 0 saturated carbocycles. The number of ether oxygens (including phenoxy) is 2. The summed E-state index contributed by atoms with van der Waals surface area (Å²) in [5.41, 5.74) is 2.70. The van der Waals surface area contributed by atoms with Gasteiger partial charge in [0.1, 0.15) is 5.75 Å². The normalized spacial score (nSPS) is 12.2. The first kappa shape index (κ1) is 25.5. The molecule has 166 valence electrons. The summed E-state index contributed by atoms with van der Waals surface area (Å²) in [5.74, 6) is 0.884. The van der Waals surface area contributed by atoms with Crippen molar-refractivity contribution in [2.75, 3.05) is 26.8 Å². The van der Waals surface area contributed by atoms with E-state index >= 15 is 0 Å². The van der Waals surface area contributed by atoms with Crippen molar-refractivity contribution in [3.63, 3.8) is 0 Å². The lowest BCUT2D eigenvalue weighted by atomic mass is 10.0. The Bertz CT molecular complexity index is 573. The summed E-state index contributed by atoms with van der Waals surface area (Å²) in [7, 11) is 1.72. The number of methoxy groups -OCH3 is 1. The average molecular weight is 406 g/mol. The molecule has 0 aliphatic rings. The third-order valence-electron chi connectivity index (χ3n) is 5.76. The van der Waals surface area contributed by atoms with E-state index in [1.807, 2.05) is 6.92 Å². The number of benzene rings is 1. The van der Waals surface area contributed by atoms with Gasteiger partial charge in [0.25, 0.3) is 0 Å². The van der Waals surface area contributed by atoms with Gasteiger partial charge in [-0.3, -0.25) is 9.69 Å². The Hall–Kier alpha value is -1.55. The van der Waals surface area contributed by atoms with Gasteiger partial charge in [-0.05, 0) is 70.0 Å². The van der Waals surface area contributed by atoms with Crippen molar-refractivity contribution in [1.82, 2.24) is 4.90 Å². The number of aryl methyl sites for hydroxylation is 1. The van der Waals surface area contributed by atoms with Crippen molar-refractivity contribution in [3.8, 4) is 5.75 Å². The Morgan fingerprint density at radius 2 is 1.62 bits per heavy atom. The Kier molecular flexibility index (Phi) is 13.5. The van der Waals surface area contributed by atoms with Gasteiger partial charge < -0.3 is 9.47 Å². The predicted molar refractivity (Wildman–Crippen MR) is 122 cm³/mol. The van der Waals surface area contributed by atoms with Gasteiger partial charge in [-0.2, -0.15) is 0 Å². The topological polar surface area (TPSA) is 38.8 Å². The Morgan fingerprint density at radius 3 is 2.17 bits per heavy atom. The van der Waals surface area contributed by atoms with E-state index in [0.717, 1.165) is 31.7 Å². The standard InChI is InChI=1S/C25H43NO3/c1-6-26(22(4)24-18-17-23(28-5)20-21(24)3)19-15-13-11-9-8-10-12-14-16-25(27)29-7-2/h17-18,20,22H,6-16,19H2,1-5H3. The maximum Gasteiger partial charge on any atom is 0.305 e. The monoisotopic (exact) mass is 405 g/mol. The Balaban J connectivity index is 2.17. The largest absolute Gasteiger partial charge is 0.497 e. The van der Waals surface area contributed by atoms with Crippen LogP contribution in [0.2, 0.25) is 0 Å². The average Bonchev–Trinajstić information content (AvgIpc) is 2.71. The van der Waals surface area contributed by atoms with Gasteiger partial charge in [0.05, 0.1) is 13.7 Å². The second-order valence-corrected chi connectivity index (χ2v) is 7.91. The van der Waals surface area contributed by atoms with Gasteiger partial charge in [0.2, 0.25) is 0 Å². The number of hydrogen-bond donors (Lipinski definition) is 0. The van der Waals surface area contributed by atoms with Crippen LogP contribution in [-0.4, -0.2) is 37.7 Å². The molecule has 1 rings (SSSR count). The first-order valence-electron chi connectivity index (χ1n) is 11.6. The molecule has 1 aromatic carbocycles. The Morgan fingerprint density at radius 1 is 1.00 bits per heavy atom. The van der Waals surface area contributed by atoms with Crippen molar-refractivity contribution >= 4 is 5.97 Å². The predicted octanol–water partition coefficient (Wildman–Crippen LogP) is 6.46. The third-order valence-corrected chi connectivity index (χ3v) is 5.76. The number of rotatable bonds is 16. The second kappa shape index (κ2) is 15.3. The third kappa shape index (κ3) is 10.2. The quantitative estimate of drug-likeness (QED) is 0.234. The van der Waals surface area contributed by atoms with Crippen LogP contribution < -0.4 is 4.74 Å². The van der Waals surface area contributed by atoms with E-state index in [1.165, 1.54) is 49.7 Å². The molecule has 0 spiro atoms. The molecule has 4 heteroatoms. The highest BCUT2D eigenvalue weighted by Gasteiger charge is 2.16. The van der Waals surface area contributed by atoms with E-state index in [0.29, 0.717) is 19.1 Å². The second-order valence-electron chi connectivity index (χ2n) is 7.91. The number of hydrogen-bond acceptors (Lipinski definition) is 4. The lowest BCUT2D eigenvalue weighted by molar-refractivity contribution is -0.143. The Labute approximate surface area is 179 Å². The molecule has 0 aliphatic carbocycles. The summed E-state index contributed by atoms with van der Waals surface area (Å²) in [6.45, 7) is 11.3. The van der Waals surface area contributed by atoms with Gasteiger partial charge in [0.15, 0.2) is 0 Å². The summed E-state index contributed by atoms with van der Waals surface area (Å²) in [5, 5.41) is 0. The zero-order valence-electron chi connectivity index (χ0n) is 19.5. The molecule has 4 nitrogen and oxygen atoms in total. The van der Waals surface area contributed by atoms with Crippen LogP contribution in [0.1, 0.15) is 95.7 Å². The van der Waals surface area contributed by atoms with Crippen molar-refractivity contribution in [2.24, 2.45) is 0 Å². The minimum Gasteiger partial charge on any atom is -0.497 e. The number of carbonyl (C=O) groups excluding carboxylic acids is 1. The van der Waals surface area contributed by atoms with Crippen LogP contribution in [0, 0.1) is 6.92 Å². The van der Waals surface area contributed by atoms with Crippen LogP contribution in [0.25, 0.3) is 0 Å². The molecule has 0 bridgehead atoms.